The van der Waals surface area contributed by atoms with Crippen molar-refractivity contribution in [3.63, 3.8) is 0 Å². The predicted molar refractivity (Wildman–Crippen MR) is 337 cm³/mol. The van der Waals surface area contributed by atoms with Crippen LogP contribution >= 0.6 is 79.6 Å². The molecule has 448 valence electrons. The summed E-state index contributed by atoms with van der Waals surface area (Å²) in [6.45, 7) is 14.2. The zero-order chi connectivity index (χ0) is 59.6. The third kappa shape index (κ3) is 9.69. The Morgan fingerprint density at radius 3 is 1.14 bits per heavy atom. The standard InChI is InChI=1S/3C14H15BrN2O2.C12H11BrN2O2.C8H5BrN2O/c3*1-2-17-13-8(3-7(15)4-16-13)11-9-5-19-6-10(9)12(11)14(17)18;13-5-1-6-9-7-3-17-4-8(7)10(9)12(16)15-11(6)14-2-5;9-6-3-5-1-2-7(12)11-8(5)10-4-6/h3*3-4,9-12H,2,5-6H2,1H3;1-2,7-10H,3-4H2,(H,14,15,16);1-4H,(H,10,11,12)/t3*9-,10+,11+,12-;7-,8+,9+,10-;/m1101./s1. The fourth-order valence-electron chi connectivity index (χ4n) is 16.5. The zero-order valence-electron chi connectivity index (χ0n) is 47.1. The van der Waals surface area contributed by atoms with E-state index in [2.05, 4.69) is 139 Å². The second kappa shape index (κ2) is 23.5. The average Bonchev–Trinajstić information content (AvgIpc) is 1.36. The molecule has 24 heteroatoms. The van der Waals surface area contributed by atoms with Crippen molar-refractivity contribution in [1.82, 2.24) is 29.9 Å². The lowest BCUT2D eigenvalue weighted by atomic mass is 9.54. The Morgan fingerprint density at radius 1 is 0.419 bits per heavy atom. The SMILES string of the molecule is CCN1C(=O)[C@@H]2[C@H]3COC[C@H]3[C@@H]2c2cc(Br)cnc21.CCN1C(=O)[C@@H]2[C@H]3COC[C@H]3[C@@H]2c2cc(Br)cnc21.CCN1C(=O)[C@H]2[C@@H]3COC[C@@H]3[C@H]2c2cc(Br)cnc21.O=C1Nc2ncc(Br)cc2[C@H]2[C@@H]3COC[C@@H]3[C@@H]12.O=c1ccc2cc(Br)cnc2[nH]1. The molecule has 18 rings (SSSR count). The molecule has 4 saturated heterocycles. The summed E-state index contributed by atoms with van der Waals surface area (Å²) in [4.78, 5) is 90.6. The van der Waals surface area contributed by atoms with Crippen LogP contribution < -0.4 is 25.6 Å². The summed E-state index contributed by atoms with van der Waals surface area (Å²) in [6, 6.07) is 13.6. The van der Waals surface area contributed by atoms with Gasteiger partial charge >= 0.3 is 0 Å². The number of hydrogen-bond donors (Lipinski definition) is 2. The minimum Gasteiger partial charge on any atom is -0.381 e. The summed E-state index contributed by atoms with van der Waals surface area (Å²) in [7, 11) is 0. The molecule has 0 radical (unpaired) electrons. The van der Waals surface area contributed by atoms with Crippen LogP contribution in [0.2, 0.25) is 0 Å². The predicted octanol–water partition coefficient (Wildman–Crippen LogP) is 10.0. The third-order valence-electron chi connectivity index (χ3n) is 20.3. The van der Waals surface area contributed by atoms with Crippen molar-refractivity contribution in [3.05, 3.63) is 128 Å². The fourth-order valence-corrected chi connectivity index (χ4v) is 18.2. The van der Waals surface area contributed by atoms with Gasteiger partial charge in [0.1, 0.15) is 28.9 Å². The lowest BCUT2D eigenvalue weighted by Gasteiger charge is -2.52. The molecule has 6 aromatic rings. The van der Waals surface area contributed by atoms with Gasteiger partial charge < -0.3 is 29.2 Å². The number of pyridine rings is 6. The van der Waals surface area contributed by atoms with E-state index in [4.69, 9.17) is 18.9 Å². The van der Waals surface area contributed by atoms with Crippen LogP contribution in [0.4, 0.5) is 23.3 Å². The number of nitrogens with zero attached hydrogens (tertiary/aromatic N) is 8. The number of aromatic nitrogens is 6. The van der Waals surface area contributed by atoms with Gasteiger partial charge in [-0.15, -0.1) is 0 Å². The Labute approximate surface area is 537 Å². The van der Waals surface area contributed by atoms with Gasteiger partial charge in [-0.3, -0.25) is 38.7 Å². The van der Waals surface area contributed by atoms with Gasteiger partial charge in [-0.05, 0) is 160 Å². The Bertz CT molecular complexity index is 3570. The van der Waals surface area contributed by atoms with Crippen molar-refractivity contribution in [2.24, 2.45) is 71.0 Å². The quantitative estimate of drug-likeness (QED) is 0.168. The lowest BCUT2D eigenvalue weighted by molar-refractivity contribution is -0.132. The Kier molecular flexibility index (Phi) is 16.0. The number of aromatic amines is 1. The molecule has 2 N–H and O–H groups in total. The van der Waals surface area contributed by atoms with E-state index in [1.54, 1.807) is 37.1 Å². The van der Waals surface area contributed by atoms with Crippen LogP contribution in [0, 0.1) is 71.0 Å². The van der Waals surface area contributed by atoms with E-state index < -0.39 is 0 Å². The van der Waals surface area contributed by atoms with Gasteiger partial charge in [0.05, 0.1) is 76.5 Å². The molecule has 8 fully saturated rings. The van der Waals surface area contributed by atoms with Gasteiger partial charge in [0.2, 0.25) is 29.2 Å². The van der Waals surface area contributed by atoms with Crippen LogP contribution in [0.15, 0.2) is 101 Å². The molecule has 16 atom stereocenters. The molecule has 0 unspecified atom stereocenters. The number of H-pyrrole nitrogens is 1. The number of anilines is 4. The van der Waals surface area contributed by atoms with Crippen LogP contribution in [0.1, 0.15) is 66.7 Å². The number of amides is 4. The monoisotopic (exact) mass is 1480 g/mol. The van der Waals surface area contributed by atoms with Crippen molar-refractivity contribution in [2.75, 3.05) is 92.5 Å². The number of fused-ring (bicyclic) bond motifs is 25. The van der Waals surface area contributed by atoms with Gasteiger partial charge in [0.15, 0.2) is 0 Å². The maximum absolute atomic E-state index is 12.6. The van der Waals surface area contributed by atoms with Gasteiger partial charge in [0, 0.05) is 154 Å². The summed E-state index contributed by atoms with van der Waals surface area (Å²) in [5.74, 6) is 9.40. The molecule has 0 spiro atoms. The zero-order valence-corrected chi connectivity index (χ0v) is 55.0. The normalized spacial score (nSPS) is 32.4. The first kappa shape index (κ1) is 58.7. The fraction of sp³-hybridized carbons (Fsp3) is 0.484. The summed E-state index contributed by atoms with van der Waals surface area (Å²) in [5, 5.41) is 3.83. The molecule has 0 bridgehead atoms. The smallest absolute Gasteiger partial charge is 0.249 e. The van der Waals surface area contributed by atoms with Crippen molar-refractivity contribution in [3.8, 4) is 0 Å². The molecule has 86 heavy (non-hydrogen) atoms. The van der Waals surface area contributed by atoms with E-state index in [1.807, 2.05) is 41.5 Å². The second-order valence-corrected chi connectivity index (χ2v) is 28.7. The first-order valence-corrected chi connectivity index (χ1v) is 33.5. The van der Waals surface area contributed by atoms with E-state index >= 15 is 0 Å². The van der Waals surface area contributed by atoms with Gasteiger partial charge in [-0.2, -0.15) is 0 Å². The van der Waals surface area contributed by atoms with Gasteiger partial charge in [-0.25, -0.2) is 24.9 Å². The van der Waals surface area contributed by atoms with E-state index in [1.165, 1.54) is 22.8 Å². The van der Waals surface area contributed by atoms with E-state index in [0.29, 0.717) is 96.3 Å². The third-order valence-corrected chi connectivity index (χ3v) is 22.4. The number of ether oxygens (including phenoxy) is 4. The maximum atomic E-state index is 12.6. The van der Waals surface area contributed by atoms with Gasteiger partial charge in [0.25, 0.3) is 0 Å². The molecular weight excluding hydrogens is 1430 g/mol. The molecule has 4 saturated carbocycles. The first-order valence-electron chi connectivity index (χ1n) is 29.5. The number of nitrogens with one attached hydrogen (secondary N) is 2. The van der Waals surface area contributed by atoms with Crippen LogP contribution in [-0.2, 0) is 38.1 Å². The Balaban J connectivity index is 0.0000000957. The number of carbonyl (C=O) groups is 4. The topological polar surface area (TPSA) is 224 Å². The highest BCUT2D eigenvalue weighted by atomic mass is 79.9. The maximum Gasteiger partial charge on any atom is 0.249 e. The average molecular weight is 1490 g/mol. The number of rotatable bonds is 3. The largest absolute Gasteiger partial charge is 0.381 e. The van der Waals surface area contributed by atoms with Crippen molar-refractivity contribution < 1.29 is 38.1 Å². The summed E-state index contributed by atoms with van der Waals surface area (Å²) in [5.41, 5.74) is 5.30. The molecular formula is C62H61Br5N10O9. The van der Waals surface area contributed by atoms with E-state index in [-0.39, 0.29) is 52.9 Å². The van der Waals surface area contributed by atoms with Crippen LogP contribution in [-0.4, -0.2) is 126 Å². The molecule has 4 amide bonds. The lowest BCUT2D eigenvalue weighted by Crippen LogP contribution is -2.57. The minimum atomic E-state index is -0.127. The summed E-state index contributed by atoms with van der Waals surface area (Å²) >= 11 is 17.2. The molecule has 12 aliphatic rings. The van der Waals surface area contributed by atoms with E-state index in [9.17, 15) is 24.0 Å². The molecule has 14 heterocycles. The number of carbonyl (C=O) groups excluding carboxylic acids is 4. The molecule has 8 aliphatic heterocycles. The van der Waals surface area contributed by atoms with Crippen molar-refractivity contribution in [1.29, 1.82) is 0 Å². The second-order valence-electron chi connectivity index (χ2n) is 24.1. The highest BCUT2D eigenvalue weighted by Crippen LogP contribution is 2.63. The molecule has 6 aromatic heterocycles. The Hall–Kier alpha value is -4.92. The molecule has 19 nitrogen and oxygen atoms in total. The van der Waals surface area contributed by atoms with Crippen molar-refractivity contribution in [2.45, 2.75) is 44.4 Å². The minimum absolute atomic E-state index is 0.0890. The van der Waals surface area contributed by atoms with Crippen molar-refractivity contribution >= 4 is 138 Å². The van der Waals surface area contributed by atoms with Crippen LogP contribution in [0.25, 0.3) is 11.0 Å². The number of hydrogen-bond acceptors (Lipinski definition) is 14. The van der Waals surface area contributed by atoms with E-state index in [0.717, 1.165) is 109 Å². The highest BCUT2D eigenvalue weighted by molar-refractivity contribution is 9.11. The summed E-state index contributed by atoms with van der Waals surface area (Å²) < 4.78 is 27.1. The Morgan fingerprint density at radius 2 is 0.744 bits per heavy atom. The molecule has 4 aliphatic carbocycles. The number of halogens is 5. The molecule has 0 aromatic carbocycles. The highest BCUT2D eigenvalue weighted by Gasteiger charge is 2.64. The van der Waals surface area contributed by atoms with Gasteiger partial charge in [-0.1, -0.05) is 0 Å². The first-order chi connectivity index (χ1) is 41.7. The van der Waals surface area contributed by atoms with Crippen LogP contribution in [0.3, 0.4) is 0 Å². The summed E-state index contributed by atoms with van der Waals surface area (Å²) in [6.07, 6.45) is 8.70. The van der Waals surface area contributed by atoms with Crippen LogP contribution in [0.5, 0.6) is 0 Å².